The predicted molar refractivity (Wildman–Crippen MR) is 90.3 cm³/mol. The fraction of sp³-hybridized carbons (Fsp3) is 0.118. The van der Waals surface area contributed by atoms with E-state index in [1.807, 2.05) is 0 Å². The number of hydrazone groups is 1. The van der Waals surface area contributed by atoms with Gasteiger partial charge in [-0.25, -0.2) is 4.39 Å². The molecule has 1 N–H and O–H groups in total. The molecule has 0 heterocycles. The number of rotatable bonds is 7. The monoisotopic (exact) mass is 329 g/mol. The molecule has 0 fully saturated rings. The van der Waals surface area contributed by atoms with E-state index in [1.54, 1.807) is 31.4 Å². The fourth-order valence-electron chi connectivity index (χ4n) is 1.78. The van der Waals surface area contributed by atoms with Crippen LogP contribution in [0.25, 0.3) is 0 Å². The van der Waals surface area contributed by atoms with Crippen LogP contribution in [0.3, 0.4) is 0 Å². The fourth-order valence-corrected chi connectivity index (χ4v) is 1.78. The predicted octanol–water partition coefficient (Wildman–Crippen LogP) is 3.12. The van der Waals surface area contributed by atoms with Crippen molar-refractivity contribution >= 4 is 23.4 Å². The van der Waals surface area contributed by atoms with Gasteiger partial charge in [0.2, 0.25) is 5.78 Å². The summed E-state index contributed by atoms with van der Waals surface area (Å²) >= 11 is 0. The first-order valence-electron chi connectivity index (χ1n) is 6.98. The number of carbonyl (C=O) groups is 1. The molecule has 0 saturated heterocycles. The van der Waals surface area contributed by atoms with E-state index in [0.717, 1.165) is 0 Å². The van der Waals surface area contributed by atoms with E-state index in [2.05, 4.69) is 20.5 Å². The summed E-state index contributed by atoms with van der Waals surface area (Å²) in [5.41, 5.74) is 3.72. The quantitative estimate of drug-likeness (QED) is 0.481. The van der Waals surface area contributed by atoms with Gasteiger partial charge in [-0.15, -0.1) is 0 Å². The number of hydrogen-bond donors (Lipinski definition) is 1. The summed E-state index contributed by atoms with van der Waals surface area (Å²) < 4.78 is 18.0. The number of nitrogens with zero attached hydrogens (tertiary/aromatic N) is 2. The number of benzene rings is 2. The lowest BCUT2D eigenvalue weighted by Crippen LogP contribution is -2.18. The molecule has 24 heavy (non-hydrogen) atoms. The van der Waals surface area contributed by atoms with E-state index < -0.39 is 11.6 Å². The summed E-state index contributed by atoms with van der Waals surface area (Å²) in [7, 11) is 2.93. The molecular formula is C17H16FN3O3. The van der Waals surface area contributed by atoms with Gasteiger partial charge in [0.1, 0.15) is 18.7 Å². The first-order valence-corrected chi connectivity index (χ1v) is 6.98. The Labute approximate surface area is 138 Å². The van der Waals surface area contributed by atoms with Gasteiger partial charge < -0.3 is 9.57 Å². The smallest absolute Gasteiger partial charge is 0.214 e. The van der Waals surface area contributed by atoms with Crippen LogP contribution < -0.4 is 10.2 Å². The van der Waals surface area contributed by atoms with E-state index >= 15 is 0 Å². The van der Waals surface area contributed by atoms with Crippen molar-refractivity contribution in [1.29, 1.82) is 0 Å². The molecule has 0 amide bonds. The van der Waals surface area contributed by atoms with Gasteiger partial charge in [0.25, 0.3) is 0 Å². The highest BCUT2D eigenvalue weighted by Crippen LogP contribution is 2.15. The molecule has 124 valence electrons. The van der Waals surface area contributed by atoms with E-state index in [0.29, 0.717) is 11.4 Å². The minimum Gasteiger partial charge on any atom is -0.497 e. The highest BCUT2D eigenvalue weighted by Gasteiger charge is 2.13. The first kappa shape index (κ1) is 17.1. The second kappa shape index (κ2) is 8.42. The lowest BCUT2D eigenvalue weighted by Gasteiger charge is -2.05. The molecule has 7 heteroatoms. The van der Waals surface area contributed by atoms with Crippen molar-refractivity contribution in [2.24, 2.45) is 10.3 Å². The van der Waals surface area contributed by atoms with Gasteiger partial charge in [-0.05, 0) is 48.5 Å². The van der Waals surface area contributed by atoms with Crippen LogP contribution >= 0.6 is 0 Å². The topological polar surface area (TPSA) is 72.3 Å². The average Bonchev–Trinajstić information content (AvgIpc) is 2.62. The molecular weight excluding hydrogens is 313 g/mol. The highest BCUT2D eigenvalue weighted by molar-refractivity contribution is 6.64. The minimum atomic E-state index is -0.424. The van der Waals surface area contributed by atoms with E-state index in [1.165, 1.54) is 37.6 Å². The third-order valence-corrected chi connectivity index (χ3v) is 3.01. The number of hydrogen-bond acceptors (Lipinski definition) is 6. The molecule has 2 aromatic rings. The van der Waals surface area contributed by atoms with Crippen molar-refractivity contribution < 1.29 is 18.8 Å². The maximum absolute atomic E-state index is 13.0. The molecule has 0 saturated carbocycles. The molecule has 0 atom stereocenters. The Bertz CT molecular complexity index is 741. The lowest BCUT2D eigenvalue weighted by molar-refractivity contribution is 0.106. The summed E-state index contributed by atoms with van der Waals surface area (Å²) in [6.07, 6.45) is 1.18. The molecule has 0 aromatic heterocycles. The van der Waals surface area contributed by atoms with Gasteiger partial charge in [-0.1, -0.05) is 5.16 Å². The van der Waals surface area contributed by atoms with Gasteiger partial charge in [0.05, 0.1) is 19.0 Å². The maximum atomic E-state index is 13.0. The number of halogens is 1. The molecule has 0 aliphatic carbocycles. The Morgan fingerprint density at radius 3 is 2.33 bits per heavy atom. The second-order valence-corrected chi connectivity index (χ2v) is 4.59. The molecule has 0 radical (unpaired) electrons. The zero-order valence-corrected chi connectivity index (χ0v) is 13.2. The summed E-state index contributed by atoms with van der Waals surface area (Å²) in [6, 6.07) is 12.2. The number of anilines is 1. The van der Waals surface area contributed by atoms with Gasteiger partial charge in [0.15, 0.2) is 5.71 Å². The van der Waals surface area contributed by atoms with E-state index in [-0.39, 0.29) is 11.3 Å². The van der Waals surface area contributed by atoms with Crippen LogP contribution in [-0.2, 0) is 4.84 Å². The molecule has 0 aliphatic heterocycles. The van der Waals surface area contributed by atoms with Crippen LogP contribution in [0.1, 0.15) is 10.4 Å². The Balaban J connectivity index is 2.21. The molecule has 0 bridgehead atoms. The van der Waals surface area contributed by atoms with Crippen LogP contribution in [0.5, 0.6) is 5.75 Å². The second-order valence-electron chi connectivity index (χ2n) is 4.59. The van der Waals surface area contributed by atoms with Crippen molar-refractivity contribution in [2.75, 3.05) is 19.6 Å². The summed E-state index contributed by atoms with van der Waals surface area (Å²) in [5, 5.41) is 7.60. The SMILES string of the molecule is CON=CC(=NNc1ccc(OC)cc1)C(=O)c1ccc(F)cc1. The zero-order chi connectivity index (χ0) is 17.4. The number of nitrogens with one attached hydrogen (secondary N) is 1. The van der Waals surface area contributed by atoms with Crippen LogP contribution in [0.15, 0.2) is 58.8 Å². The van der Waals surface area contributed by atoms with Gasteiger partial charge in [-0.2, -0.15) is 5.10 Å². The first-order chi connectivity index (χ1) is 11.6. The van der Waals surface area contributed by atoms with Crippen molar-refractivity contribution in [3.63, 3.8) is 0 Å². The van der Waals surface area contributed by atoms with Gasteiger partial charge >= 0.3 is 0 Å². The molecule has 0 spiro atoms. The number of Topliss-reactive ketones (excluding diaryl/α,β-unsaturated/α-hetero) is 1. The maximum Gasteiger partial charge on any atom is 0.214 e. The highest BCUT2D eigenvalue weighted by atomic mass is 19.1. The molecule has 2 aromatic carbocycles. The zero-order valence-electron chi connectivity index (χ0n) is 13.2. The summed E-state index contributed by atoms with van der Waals surface area (Å²) in [6.45, 7) is 0. The Morgan fingerprint density at radius 2 is 1.75 bits per heavy atom. The van der Waals surface area contributed by atoms with Crippen molar-refractivity contribution in [1.82, 2.24) is 0 Å². The Hall–Kier alpha value is -3.22. The summed E-state index contributed by atoms with van der Waals surface area (Å²) in [5.74, 6) is -0.142. The van der Waals surface area contributed by atoms with Crippen LogP contribution in [0.2, 0.25) is 0 Å². The number of methoxy groups -OCH3 is 1. The van der Waals surface area contributed by atoms with Crippen molar-refractivity contribution in [2.45, 2.75) is 0 Å². The normalized spacial score (nSPS) is 11.4. The number of ketones is 1. The average molecular weight is 329 g/mol. The lowest BCUT2D eigenvalue weighted by atomic mass is 10.1. The number of ether oxygens (including phenoxy) is 1. The third-order valence-electron chi connectivity index (χ3n) is 3.01. The number of oxime groups is 1. The molecule has 2 rings (SSSR count). The van der Waals surface area contributed by atoms with Crippen molar-refractivity contribution in [3.05, 3.63) is 59.9 Å². The largest absolute Gasteiger partial charge is 0.497 e. The summed E-state index contributed by atoms with van der Waals surface area (Å²) in [4.78, 5) is 17.0. The van der Waals surface area contributed by atoms with Crippen LogP contribution in [0, 0.1) is 5.82 Å². The molecule has 6 nitrogen and oxygen atoms in total. The molecule has 0 aliphatic rings. The minimum absolute atomic E-state index is 0.0132. The standard InChI is InChI=1S/C17H16FN3O3/c1-23-15-9-7-14(8-10-15)20-21-16(11-19-24-2)17(22)12-3-5-13(18)6-4-12/h3-11,20H,1-2H3. The van der Waals surface area contributed by atoms with Gasteiger partial charge in [0, 0.05) is 5.56 Å². The van der Waals surface area contributed by atoms with Crippen LogP contribution in [-0.4, -0.2) is 31.9 Å². The molecule has 0 unspecified atom stereocenters. The Kier molecular flexibility index (Phi) is 6.01. The van der Waals surface area contributed by atoms with E-state index in [4.69, 9.17) is 4.74 Å². The van der Waals surface area contributed by atoms with Crippen molar-refractivity contribution in [3.8, 4) is 5.75 Å². The Morgan fingerprint density at radius 1 is 1.08 bits per heavy atom. The van der Waals surface area contributed by atoms with Crippen LogP contribution in [0.4, 0.5) is 10.1 Å². The van der Waals surface area contributed by atoms with E-state index in [9.17, 15) is 9.18 Å². The van der Waals surface area contributed by atoms with Gasteiger partial charge in [-0.3, -0.25) is 10.2 Å². The number of carbonyl (C=O) groups excluding carboxylic acids is 1. The third kappa shape index (κ3) is 4.64.